The predicted octanol–water partition coefficient (Wildman–Crippen LogP) is 3.15. The summed E-state index contributed by atoms with van der Waals surface area (Å²) >= 11 is 0. The Hall–Kier alpha value is -2.74. The van der Waals surface area contributed by atoms with Crippen molar-refractivity contribution in [3.8, 4) is 0 Å². The summed E-state index contributed by atoms with van der Waals surface area (Å²) in [5, 5.41) is 11.2. The van der Waals surface area contributed by atoms with Crippen molar-refractivity contribution in [2.75, 3.05) is 17.7 Å². The van der Waals surface area contributed by atoms with Gasteiger partial charge in [0.25, 0.3) is 11.6 Å². The van der Waals surface area contributed by atoms with Crippen molar-refractivity contribution >= 4 is 27.1 Å². The number of carbonyl (C=O) groups is 1. The van der Waals surface area contributed by atoms with Gasteiger partial charge < -0.3 is 4.90 Å². The highest BCUT2D eigenvalue weighted by molar-refractivity contribution is 7.90. The van der Waals surface area contributed by atoms with Gasteiger partial charge in [-0.15, -0.1) is 0 Å². The minimum atomic E-state index is -3.69. The van der Waals surface area contributed by atoms with E-state index in [1.165, 1.54) is 6.07 Å². The molecule has 0 aliphatic carbocycles. The third-order valence-electron chi connectivity index (χ3n) is 4.57. The van der Waals surface area contributed by atoms with Gasteiger partial charge in [0.15, 0.2) is 9.84 Å². The number of carbonyl (C=O) groups excluding carboxylic acids is 1. The molecule has 0 spiro atoms. The SMILES string of the molecule is C[C@H]1CCN(C(=O)c2cc([N+](=O)[O-])cc(S(C)(=O)=O)c2)c2ccccc21. The van der Waals surface area contributed by atoms with Gasteiger partial charge in [-0.25, -0.2) is 8.42 Å². The van der Waals surface area contributed by atoms with E-state index in [9.17, 15) is 23.3 Å². The number of non-ortho nitro benzene ring substituents is 1. The number of para-hydroxylation sites is 1. The van der Waals surface area contributed by atoms with Gasteiger partial charge in [0.05, 0.1) is 9.82 Å². The molecule has 3 rings (SSSR count). The maximum atomic E-state index is 13.0. The molecule has 0 N–H and O–H groups in total. The number of anilines is 1. The lowest BCUT2D eigenvalue weighted by Crippen LogP contribution is -2.36. The lowest BCUT2D eigenvalue weighted by atomic mass is 9.91. The van der Waals surface area contributed by atoms with Crippen molar-refractivity contribution in [2.45, 2.75) is 24.2 Å². The first-order chi connectivity index (χ1) is 12.2. The second-order valence-corrected chi connectivity index (χ2v) is 8.47. The second kappa shape index (κ2) is 6.53. The zero-order valence-corrected chi connectivity index (χ0v) is 15.2. The average molecular weight is 374 g/mol. The topological polar surface area (TPSA) is 97.6 Å². The van der Waals surface area contributed by atoms with Crippen LogP contribution in [0, 0.1) is 10.1 Å². The molecule has 0 unspecified atom stereocenters. The second-order valence-electron chi connectivity index (χ2n) is 6.45. The van der Waals surface area contributed by atoms with Crippen molar-refractivity contribution in [3.05, 3.63) is 63.7 Å². The lowest BCUT2D eigenvalue weighted by molar-refractivity contribution is -0.385. The fourth-order valence-corrected chi connectivity index (χ4v) is 3.82. The van der Waals surface area contributed by atoms with E-state index in [1.54, 1.807) is 4.90 Å². The minimum absolute atomic E-state index is 0.0102. The van der Waals surface area contributed by atoms with Crippen molar-refractivity contribution in [1.82, 2.24) is 0 Å². The monoisotopic (exact) mass is 374 g/mol. The molecule has 2 aromatic carbocycles. The normalized spacial score (nSPS) is 16.8. The average Bonchev–Trinajstić information content (AvgIpc) is 2.60. The molecular weight excluding hydrogens is 356 g/mol. The molecule has 7 nitrogen and oxygen atoms in total. The number of sulfone groups is 1. The maximum Gasteiger partial charge on any atom is 0.271 e. The van der Waals surface area contributed by atoms with Gasteiger partial charge in [0, 0.05) is 36.2 Å². The summed E-state index contributed by atoms with van der Waals surface area (Å²) in [6.45, 7) is 2.55. The smallest absolute Gasteiger partial charge is 0.271 e. The molecular formula is C18H18N2O5S. The maximum absolute atomic E-state index is 13.0. The number of nitro groups is 1. The van der Waals surface area contributed by atoms with E-state index in [1.807, 2.05) is 24.3 Å². The van der Waals surface area contributed by atoms with Crippen LogP contribution in [0.2, 0.25) is 0 Å². The number of nitrogens with zero attached hydrogens (tertiary/aromatic N) is 2. The molecule has 0 saturated carbocycles. The Morgan fingerprint density at radius 3 is 2.58 bits per heavy atom. The number of amides is 1. The van der Waals surface area contributed by atoms with Crippen LogP contribution in [-0.4, -0.2) is 32.0 Å². The highest BCUT2D eigenvalue weighted by Gasteiger charge is 2.28. The summed E-state index contributed by atoms with van der Waals surface area (Å²) < 4.78 is 23.7. The van der Waals surface area contributed by atoms with Crippen LogP contribution in [0.3, 0.4) is 0 Å². The van der Waals surface area contributed by atoms with Crippen LogP contribution in [0.5, 0.6) is 0 Å². The van der Waals surface area contributed by atoms with Crippen LogP contribution in [0.4, 0.5) is 11.4 Å². The standard InChI is InChI=1S/C18H18N2O5S/c1-12-7-8-19(17-6-4-3-5-16(12)17)18(21)13-9-14(20(22)23)11-15(10-13)26(2,24)25/h3-6,9-12H,7-8H2,1-2H3/t12-/m0/s1. The number of benzene rings is 2. The fraction of sp³-hybridized carbons (Fsp3) is 0.278. The highest BCUT2D eigenvalue weighted by atomic mass is 32.2. The molecule has 0 aromatic heterocycles. The lowest BCUT2D eigenvalue weighted by Gasteiger charge is -2.33. The fourth-order valence-electron chi connectivity index (χ4n) is 3.14. The van der Waals surface area contributed by atoms with E-state index in [0.29, 0.717) is 12.5 Å². The van der Waals surface area contributed by atoms with Gasteiger partial charge >= 0.3 is 0 Å². The molecule has 1 heterocycles. The Labute approximate surface area is 151 Å². The Bertz CT molecular complexity index is 1000. The van der Waals surface area contributed by atoms with Crippen molar-refractivity contribution in [2.24, 2.45) is 0 Å². The van der Waals surface area contributed by atoms with Crippen LogP contribution < -0.4 is 4.90 Å². The third kappa shape index (κ3) is 3.32. The molecule has 1 aliphatic rings. The van der Waals surface area contributed by atoms with Crippen LogP contribution in [0.1, 0.15) is 35.2 Å². The molecule has 1 atom stereocenters. The molecule has 26 heavy (non-hydrogen) atoms. The first-order valence-electron chi connectivity index (χ1n) is 8.09. The van der Waals surface area contributed by atoms with Gasteiger partial charge in [0.1, 0.15) is 0 Å². The summed E-state index contributed by atoms with van der Waals surface area (Å²) in [6, 6.07) is 10.8. The number of hydrogen-bond donors (Lipinski definition) is 0. The molecule has 136 valence electrons. The van der Waals surface area contributed by atoms with Crippen LogP contribution >= 0.6 is 0 Å². The quantitative estimate of drug-likeness (QED) is 0.607. The summed E-state index contributed by atoms with van der Waals surface area (Å²) in [5.74, 6) is -0.148. The van der Waals surface area contributed by atoms with E-state index in [-0.39, 0.29) is 10.5 Å². The largest absolute Gasteiger partial charge is 0.308 e. The molecule has 0 saturated heterocycles. The molecule has 0 fully saturated rings. The van der Waals surface area contributed by atoms with Crippen LogP contribution in [-0.2, 0) is 9.84 Å². The predicted molar refractivity (Wildman–Crippen MR) is 97.4 cm³/mol. The number of nitro benzene ring substituents is 1. The summed E-state index contributed by atoms with van der Waals surface area (Å²) in [6.07, 6.45) is 1.72. The summed E-state index contributed by atoms with van der Waals surface area (Å²) in [4.78, 5) is 24.8. The number of hydrogen-bond acceptors (Lipinski definition) is 5. The van der Waals surface area contributed by atoms with E-state index >= 15 is 0 Å². The molecule has 0 bridgehead atoms. The van der Waals surface area contributed by atoms with E-state index in [4.69, 9.17) is 0 Å². The van der Waals surface area contributed by atoms with E-state index in [2.05, 4.69) is 6.92 Å². The van der Waals surface area contributed by atoms with E-state index < -0.39 is 26.4 Å². The molecule has 1 aliphatic heterocycles. The Morgan fingerprint density at radius 1 is 1.23 bits per heavy atom. The highest BCUT2D eigenvalue weighted by Crippen LogP contribution is 2.36. The minimum Gasteiger partial charge on any atom is -0.308 e. The Morgan fingerprint density at radius 2 is 1.92 bits per heavy atom. The third-order valence-corrected chi connectivity index (χ3v) is 5.66. The van der Waals surface area contributed by atoms with Gasteiger partial charge in [-0.2, -0.15) is 0 Å². The number of rotatable bonds is 3. The van der Waals surface area contributed by atoms with Gasteiger partial charge in [-0.05, 0) is 30.0 Å². The van der Waals surface area contributed by atoms with Crippen LogP contribution in [0.25, 0.3) is 0 Å². The van der Waals surface area contributed by atoms with E-state index in [0.717, 1.165) is 36.1 Å². The molecule has 2 aromatic rings. The first-order valence-corrected chi connectivity index (χ1v) is 9.98. The Balaban J connectivity index is 2.10. The zero-order chi connectivity index (χ0) is 19.1. The van der Waals surface area contributed by atoms with Crippen molar-refractivity contribution in [1.29, 1.82) is 0 Å². The van der Waals surface area contributed by atoms with Gasteiger partial charge in [0.2, 0.25) is 0 Å². The summed E-state index contributed by atoms with van der Waals surface area (Å²) in [5.41, 5.74) is 1.35. The molecule has 8 heteroatoms. The van der Waals surface area contributed by atoms with Gasteiger partial charge in [-0.3, -0.25) is 14.9 Å². The summed E-state index contributed by atoms with van der Waals surface area (Å²) in [7, 11) is -3.69. The van der Waals surface area contributed by atoms with Crippen molar-refractivity contribution in [3.63, 3.8) is 0 Å². The molecule has 1 amide bonds. The molecule has 0 radical (unpaired) electrons. The zero-order valence-electron chi connectivity index (χ0n) is 14.4. The van der Waals surface area contributed by atoms with Gasteiger partial charge in [-0.1, -0.05) is 25.1 Å². The Kier molecular flexibility index (Phi) is 4.53. The first kappa shape index (κ1) is 18.1. The van der Waals surface area contributed by atoms with Crippen LogP contribution in [0.15, 0.2) is 47.4 Å². The number of fused-ring (bicyclic) bond motifs is 1. The van der Waals surface area contributed by atoms with Crippen molar-refractivity contribution < 1.29 is 18.1 Å².